The van der Waals surface area contributed by atoms with Crippen molar-refractivity contribution < 1.29 is 4.74 Å². The lowest BCUT2D eigenvalue weighted by Gasteiger charge is -2.40. The third kappa shape index (κ3) is 3.40. The fourth-order valence-electron chi connectivity index (χ4n) is 3.18. The zero-order chi connectivity index (χ0) is 16.9. The minimum Gasteiger partial charge on any atom is -0.381 e. The van der Waals surface area contributed by atoms with Crippen LogP contribution in [0.1, 0.15) is 24.1 Å². The van der Waals surface area contributed by atoms with Crippen molar-refractivity contribution in [2.45, 2.75) is 19.1 Å². The molecule has 3 heterocycles. The summed E-state index contributed by atoms with van der Waals surface area (Å²) in [6.07, 6.45) is 7.19. The lowest BCUT2D eigenvalue weighted by atomic mass is 10.0. The van der Waals surface area contributed by atoms with E-state index < -0.39 is 0 Å². The van der Waals surface area contributed by atoms with Gasteiger partial charge in [-0.3, -0.25) is 14.6 Å². The summed E-state index contributed by atoms with van der Waals surface area (Å²) >= 11 is 0. The third-order valence-electron chi connectivity index (χ3n) is 4.36. The van der Waals surface area contributed by atoms with Gasteiger partial charge in [0.25, 0.3) is 0 Å². The van der Waals surface area contributed by atoms with Gasteiger partial charge in [-0.1, -0.05) is 6.92 Å². The monoisotopic (exact) mass is 326 g/mol. The Kier molecular flexibility index (Phi) is 5.08. The van der Waals surface area contributed by atoms with Crippen LogP contribution in [0.15, 0.2) is 30.9 Å². The number of hydrogen-bond acceptors (Lipinski definition) is 6. The van der Waals surface area contributed by atoms with Gasteiger partial charge < -0.3 is 10.1 Å². The standard InChI is InChI=1S/C17H22N6O/c1-3-23-6-7-24-16(17(23)14-10-21-22(2)12-14)11-20-15-4-5-19-9-13(15)8-18/h4-5,9-10,12,16-17H,3,6-7,11H2,1-2H3,(H,19,20)/t16-,17-/m0/s1. The number of nitriles is 1. The number of ether oxygens (including phenoxy) is 1. The molecule has 0 unspecified atom stereocenters. The maximum atomic E-state index is 9.19. The van der Waals surface area contributed by atoms with Crippen molar-refractivity contribution in [3.63, 3.8) is 0 Å². The normalized spacial score (nSPS) is 21.4. The minimum atomic E-state index is -0.0115. The fraction of sp³-hybridized carbons (Fsp3) is 0.471. The van der Waals surface area contributed by atoms with Crippen LogP contribution < -0.4 is 5.32 Å². The lowest BCUT2D eigenvalue weighted by molar-refractivity contribution is -0.0639. The summed E-state index contributed by atoms with van der Waals surface area (Å²) in [4.78, 5) is 6.40. The van der Waals surface area contributed by atoms with Gasteiger partial charge in [-0.25, -0.2) is 0 Å². The zero-order valence-corrected chi connectivity index (χ0v) is 14.0. The second kappa shape index (κ2) is 7.43. The van der Waals surface area contributed by atoms with Crippen LogP contribution in [0.5, 0.6) is 0 Å². The van der Waals surface area contributed by atoms with Gasteiger partial charge in [0.2, 0.25) is 0 Å². The van der Waals surface area contributed by atoms with Crippen molar-refractivity contribution in [2.75, 3.05) is 31.6 Å². The van der Waals surface area contributed by atoms with E-state index in [0.29, 0.717) is 18.7 Å². The highest BCUT2D eigenvalue weighted by Gasteiger charge is 2.33. The van der Waals surface area contributed by atoms with E-state index in [0.717, 1.165) is 24.3 Å². The van der Waals surface area contributed by atoms with Crippen LogP contribution in [0.25, 0.3) is 0 Å². The number of likely N-dealkylation sites (N-methyl/N-ethyl adjacent to an activating group) is 1. The molecule has 1 fully saturated rings. The number of rotatable bonds is 5. The summed E-state index contributed by atoms with van der Waals surface area (Å²) in [6.45, 7) is 5.35. The van der Waals surface area contributed by atoms with Crippen molar-refractivity contribution in [2.24, 2.45) is 7.05 Å². The fourth-order valence-corrected chi connectivity index (χ4v) is 3.18. The number of nitrogens with zero attached hydrogens (tertiary/aromatic N) is 5. The second-order valence-corrected chi connectivity index (χ2v) is 5.84. The van der Waals surface area contributed by atoms with E-state index in [1.165, 1.54) is 0 Å². The zero-order valence-electron chi connectivity index (χ0n) is 14.0. The summed E-state index contributed by atoms with van der Waals surface area (Å²) in [5.74, 6) is 0. The molecule has 1 aliphatic heterocycles. The summed E-state index contributed by atoms with van der Waals surface area (Å²) in [5, 5.41) is 16.8. The molecule has 1 aliphatic rings. The molecular weight excluding hydrogens is 304 g/mol. The average molecular weight is 326 g/mol. The molecule has 126 valence electrons. The highest BCUT2D eigenvalue weighted by atomic mass is 16.5. The van der Waals surface area contributed by atoms with E-state index in [-0.39, 0.29) is 12.1 Å². The SMILES string of the molecule is CCN1CCO[C@@H](CNc2ccncc2C#N)[C@@H]1c1cnn(C)c1. The first-order valence-electron chi connectivity index (χ1n) is 8.15. The Morgan fingerprint density at radius 3 is 3.04 bits per heavy atom. The molecule has 0 spiro atoms. The van der Waals surface area contributed by atoms with E-state index in [1.807, 2.05) is 30.2 Å². The van der Waals surface area contributed by atoms with Crippen molar-refractivity contribution in [3.05, 3.63) is 42.0 Å². The predicted molar refractivity (Wildman–Crippen MR) is 90.4 cm³/mol. The van der Waals surface area contributed by atoms with Gasteiger partial charge in [0.05, 0.1) is 36.2 Å². The number of pyridine rings is 1. The molecule has 1 N–H and O–H groups in total. The first kappa shape index (κ1) is 16.4. The van der Waals surface area contributed by atoms with E-state index >= 15 is 0 Å². The maximum absolute atomic E-state index is 9.19. The second-order valence-electron chi connectivity index (χ2n) is 5.84. The Balaban J connectivity index is 1.78. The first-order valence-corrected chi connectivity index (χ1v) is 8.15. The Morgan fingerprint density at radius 2 is 2.33 bits per heavy atom. The Morgan fingerprint density at radius 1 is 1.46 bits per heavy atom. The smallest absolute Gasteiger partial charge is 0.103 e. The van der Waals surface area contributed by atoms with Crippen molar-refractivity contribution in [1.82, 2.24) is 19.7 Å². The Bertz CT molecular complexity index is 722. The molecule has 0 radical (unpaired) electrons. The number of hydrogen-bond donors (Lipinski definition) is 1. The number of aryl methyl sites for hydroxylation is 1. The molecule has 24 heavy (non-hydrogen) atoms. The molecule has 1 saturated heterocycles. The number of aromatic nitrogens is 3. The van der Waals surface area contributed by atoms with Crippen LogP contribution >= 0.6 is 0 Å². The Labute approximate surface area is 141 Å². The molecule has 7 heteroatoms. The van der Waals surface area contributed by atoms with Gasteiger partial charge in [-0.05, 0) is 12.6 Å². The van der Waals surface area contributed by atoms with Gasteiger partial charge in [0.15, 0.2) is 0 Å². The molecule has 0 aliphatic carbocycles. The molecule has 7 nitrogen and oxygen atoms in total. The van der Waals surface area contributed by atoms with E-state index in [9.17, 15) is 5.26 Å². The van der Waals surface area contributed by atoms with E-state index in [2.05, 4.69) is 33.3 Å². The van der Waals surface area contributed by atoms with Crippen LogP contribution in [0.2, 0.25) is 0 Å². The molecule has 0 amide bonds. The quantitative estimate of drug-likeness (QED) is 0.898. The van der Waals surface area contributed by atoms with Crippen LogP contribution in [0.4, 0.5) is 5.69 Å². The molecule has 0 aromatic carbocycles. The molecule has 2 atom stereocenters. The third-order valence-corrected chi connectivity index (χ3v) is 4.36. The lowest BCUT2D eigenvalue weighted by Crippen LogP contribution is -2.47. The molecule has 3 rings (SSSR count). The summed E-state index contributed by atoms with van der Waals surface area (Å²) in [6, 6.07) is 4.13. The van der Waals surface area contributed by atoms with Crippen LogP contribution in [-0.2, 0) is 11.8 Å². The summed E-state index contributed by atoms with van der Waals surface area (Å²) in [7, 11) is 1.92. The average Bonchev–Trinajstić information content (AvgIpc) is 3.05. The highest BCUT2D eigenvalue weighted by Crippen LogP contribution is 2.29. The van der Waals surface area contributed by atoms with Crippen LogP contribution in [0.3, 0.4) is 0 Å². The highest BCUT2D eigenvalue weighted by molar-refractivity contribution is 5.55. The van der Waals surface area contributed by atoms with Gasteiger partial charge in [0.1, 0.15) is 6.07 Å². The van der Waals surface area contributed by atoms with Crippen molar-refractivity contribution in [1.29, 1.82) is 5.26 Å². The maximum Gasteiger partial charge on any atom is 0.103 e. The molecular formula is C17H22N6O. The van der Waals surface area contributed by atoms with Crippen molar-refractivity contribution in [3.8, 4) is 6.07 Å². The first-order chi connectivity index (χ1) is 11.7. The number of morpholine rings is 1. The van der Waals surface area contributed by atoms with Crippen molar-refractivity contribution >= 4 is 5.69 Å². The van der Waals surface area contributed by atoms with Gasteiger partial charge in [-0.2, -0.15) is 10.4 Å². The molecule has 2 aromatic heterocycles. The summed E-state index contributed by atoms with van der Waals surface area (Å²) < 4.78 is 7.86. The van der Waals surface area contributed by atoms with E-state index in [4.69, 9.17) is 4.74 Å². The molecule has 0 saturated carbocycles. The number of nitrogens with one attached hydrogen (secondary N) is 1. The van der Waals surface area contributed by atoms with E-state index in [1.54, 1.807) is 12.4 Å². The van der Waals surface area contributed by atoms with Crippen LogP contribution in [0, 0.1) is 11.3 Å². The van der Waals surface area contributed by atoms with Crippen LogP contribution in [-0.4, -0.2) is 52.0 Å². The molecule has 2 aromatic rings. The summed E-state index contributed by atoms with van der Waals surface area (Å²) in [5.41, 5.74) is 2.48. The minimum absolute atomic E-state index is 0.0115. The molecule has 0 bridgehead atoms. The number of anilines is 1. The van der Waals surface area contributed by atoms with Gasteiger partial charge in [0, 0.05) is 44.3 Å². The largest absolute Gasteiger partial charge is 0.381 e. The topological polar surface area (TPSA) is 79.0 Å². The van der Waals surface area contributed by atoms with Gasteiger partial charge >= 0.3 is 0 Å². The Hall–Kier alpha value is -2.43. The van der Waals surface area contributed by atoms with Gasteiger partial charge in [-0.15, -0.1) is 0 Å². The predicted octanol–water partition coefficient (Wildman–Crippen LogP) is 1.56.